The van der Waals surface area contributed by atoms with Crippen molar-refractivity contribution < 1.29 is 181 Å². The molecule has 0 unspecified atom stereocenters. The molecule has 475 valence electrons. The van der Waals surface area contributed by atoms with Gasteiger partial charge >= 0.3 is 17.4 Å². The molecular weight excluding hydrogens is 1430 g/mol. The summed E-state index contributed by atoms with van der Waals surface area (Å²) in [6.45, 7) is 11.5. The number of carbonyl (C=O) groups excluding carboxylic acids is 2. The number of carbonyl (C=O) groups is 2. The Hall–Kier alpha value is -3.53. The summed E-state index contributed by atoms with van der Waals surface area (Å²) in [6, 6.07) is 5.65. The first-order chi connectivity index (χ1) is 32.0. The summed E-state index contributed by atoms with van der Waals surface area (Å²) in [4.78, 5) is 59.3. The Labute approximate surface area is 606 Å². The maximum Gasteiger partial charge on any atom is 0.342 e. The number of hydrazone groups is 1. The van der Waals surface area contributed by atoms with Crippen molar-refractivity contribution in [1.82, 2.24) is 110 Å². The van der Waals surface area contributed by atoms with Crippen LogP contribution < -0.4 is 27.5 Å². The molecule has 1 fully saturated rings. The molecular formula is C46H86N23O6V9-9. The number of amides is 3. The van der Waals surface area contributed by atoms with Crippen LogP contribution in [0.1, 0.15) is 37.3 Å². The first kappa shape index (κ1) is 130. The molecule has 1 saturated heterocycles. The largest absolute Gasteiger partial charge is 0.362 e. The van der Waals surface area contributed by atoms with E-state index in [4.69, 9.17) is 0 Å². The summed E-state index contributed by atoms with van der Waals surface area (Å²) in [5, 5.41) is 46.6. The number of likely N-dealkylation sites (N-methyl/N-ethyl adjacent to an activating group) is 1. The number of nitrogens with zero attached hydrogens (tertiary/aromatic N) is 18. The molecule has 5 N–H and O–H groups in total. The van der Waals surface area contributed by atoms with E-state index in [-0.39, 0.29) is 250 Å². The van der Waals surface area contributed by atoms with Gasteiger partial charge in [-0.05, 0) is 45.5 Å². The van der Waals surface area contributed by atoms with E-state index in [1.165, 1.54) is 39.4 Å². The SMILES string of the molecule is CC.CN1CCNC1=O.CN1N=CCC1=O.Cc1ccn[nH]1.Cc1ccno1.Cc1cn[nH]c1.Cn1cc[nH]c1=O.Cn1cccn1.Cn1cn[nH]c1=O.Cn1cncn1.Cn1nn[n-]c1=O.[CH3-].[CH3-].[CH3-].[CH3-].[CH3-].[CH3-].[CH3-].[CH3-].[V].[V].[V].[V].[V].[V].[V].[V].[V]. The maximum atomic E-state index is 10.4. The van der Waals surface area contributed by atoms with Gasteiger partial charge in [0, 0.05) is 278 Å². The number of rotatable bonds is 0. The summed E-state index contributed by atoms with van der Waals surface area (Å²) >= 11 is 0. The predicted octanol–water partition coefficient (Wildman–Crippen LogP) is 3.69. The molecule has 9 radical (unpaired) electrons. The Kier molecular flexibility index (Phi) is 130. The molecule has 29 nitrogen and oxygen atoms in total. The Morgan fingerprint density at radius 3 is 1.36 bits per heavy atom. The molecule has 0 aliphatic carbocycles. The minimum atomic E-state index is -0.417. The van der Waals surface area contributed by atoms with Crippen molar-refractivity contribution in [2.24, 2.45) is 40.3 Å². The summed E-state index contributed by atoms with van der Waals surface area (Å²) in [6.07, 6.45) is 20.5. The normalized spacial score (nSPS) is 8.81. The molecule has 84 heavy (non-hydrogen) atoms. The van der Waals surface area contributed by atoms with Crippen LogP contribution in [0.3, 0.4) is 0 Å². The van der Waals surface area contributed by atoms with Crippen molar-refractivity contribution in [3.05, 3.63) is 195 Å². The Morgan fingerprint density at radius 2 is 1.24 bits per heavy atom. The van der Waals surface area contributed by atoms with Crippen molar-refractivity contribution in [2.75, 3.05) is 27.2 Å². The fourth-order valence-corrected chi connectivity index (χ4v) is 3.45. The van der Waals surface area contributed by atoms with Gasteiger partial charge in [0.1, 0.15) is 24.7 Å². The van der Waals surface area contributed by atoms with Gasteiger partial charge in [-0.15, -0.1) is 0 Å². The predicted molar refractivity (Wildman–Crippen MR) is 297 cm³/mol. The minimum Gasteiger partial charge on any atom is -0.362 e. The molecule has 0 atom stereocenters. The molecule has 0 saturated carbocycles. The number of tetrazole rings is 1. The van der Waals surface area contributed by atoms with Crippen molar-refractivity contribution in [2.45, 2.75) is 41.0 Å². The van der Waals surface area contributed by atoms with E-state index in [0.717, 1.165) is 29.2 Å². The van der Waals surface area contributed by atoms with Gasteiger partial charge in [-0.1, -0.05) is 19.0 Å². The van der Waals surface area contributed by atoms with Crippen molar-refractivity contribution >= 4 is 18.2 Å². The summed E-state index contributed by atoms with van der Waals surface area (Å²) in [5.74, 6) is 0.926. The van der Waals surface area contributed by atoms with Crippen LogP contribution in [0.15, 0.2) is 111 Å². The zero-order valence-corrected chi connectivity index (χ0v) is 64.4. The third-order valence-electron chi connectivity index (χ3n) is 7.08. The van der Waals surface area contributed by atoms with Gasteiger partial charge in [0.2, 0.25) is 11.6 Å². The van der Waals surface area contributed by atoms with Crippen molar-refractivity contribution in [3.63, 3.8) is 0 Å². The van der Waals surface area contributed by atoms with Crippen LogP contribution in [0, 0.1) is 80.2 Å². The van der Waals surface area contributed by atoms with Gasteiger partial charge in [0.15, 0.2) is 0 Å². The second-order valence-electron chi connectivity index (χ2n) is 12.7. The molecule has 0 aromatic carbocycles. The van der Waals surface area contributed by atoms with Gasteiger partial charge in [-0.2, -0.15) is 35.8 Å². The third kappa shape index (κ3) is 71.0. The van der Waals surface area contributed by atoms with Gasteiger partial charge in [-0.3, -0.25) is 38.9 Å². The summed E-state index contributed by atoms with van der Waals surface area (Å²) < 4.78 is 11.9. The van der Waals surface area contributed by atoms with E-state index < -0.39 is 5.69 Å². The molecule has 10 heterocycles. The van der Waals surface area contributed by atoms with E-state index in [0.29, 0.717) is 6.42 Å². The first-order valence-electron chi connectivity index (χ1n) is 19.9. The van der Waals surface area contributed by atoms with E-state index >= 15 is 0 Å². The smallest absolute Gasteiger partial charge is 0.342 e. The Balaban J connectivity index is -0.0000000351. The second kappa shape index (κ2) is 83.7. The quantitative estimate of drug-likeness (QED) is 0.135. The molecule has 10 rings (SSSR count). The summed E-state index contributed by atoms with van der Waals surface area (Å²) in [7, 11) is 12.0. The zero-order chi connectivity index (χ0) is 50.4. The molecule has 2 aliphatic rings. The van der Waals surface area contributed by atoms with Crippen LogP contribution in [0.25, 0.3) is 0 Å². The van der Waals surface area contributed by atoms with E-state index in [9.17, 15) is 24.0 Å². The molecule has 8 aromatic rings. The number of nitrogens with one attached hydrogen (secondary N) is 5. The standard InChI is InChI=1S/C4H8N2O.2C4H6N2O.3C4H6N2.C4H5NO.C3H5N3O.C3H5N3.C2H4N4O.C2H6.8CH3.9V/c2*1-6-3-2-5-4(6)7;1-6-4(7)2-3-5-6;1-4-2-5-6-3-4;1-6-4-2-3-5-6;2*1-4-2-3-5-6-4;1-6-2-4-5-3(6)7;1-6-3-4-2-5-6;1-6-2(7)3-4-5-6;1-2;;;;;;;;;;;;;;;;;/h2-3H2,1H3,(H,5,7);2-3H,1H3,(H,5,7);3H,2H2,1H3;2-3H,1H3,(H,5,6);2-4H,1H3;2-3H,1H3,(H,5,6);2-3H,1H3;2H,1H3,(H,5,7);2-3H,1H3;1H3,(H,3,5,7);1-2H3;8*1H3;;;;;;;;;/q;;;;;;;;;;;8*-1;;;;;;;;;/p-1. The van der Waals surface area contributed by atoms with Crippen molar-refractivity contribution in [3.8, 4) is 0 Å². The average Bonchev–Trinajstić information content (AvgIpc) is 4.13. The van der Waals surface area contributed by atoms with Crippen LogP contribution in [-0.2, 0) is 207 Å². The monoisotopic (exact) mass is 1520 g/mol. The Morgan fingerprint density at radius 1 is 0.643 bits per heavy atom. The van der Waals surface area contributed by atoms with Crippen molar-refractivity contribution in [1.29, 1.82) is 0 Å². The second-order valence-corrected chi connectivity index (χ2v) is 12.7. The van der Waals surface area contributed by atoms with Gasteiger partial charge in [0.05, 0.1) is 18.8 Å². The van der Waals surface area contributed by atoms with Gasteiger partial charge < -0.3 is 88.4 Å². The van der Waals surface area contributed by atoms with Gasteiger partial charge in [0.25, 0.3) is 0 Å². The van der Waals surface area contributed by atoms with E-state index in [1.807, 2.05) is 73.2 Å². The van der Waals surface area contributed by atoms with Crippen LogP contribution in [-0.4, -0.2) is 145 Å². The molecule has 8 aromatic heterocycles. The molecule has 0 bridgehead atoms. The topological polar surface area (TPSA) is 347 Å². The molecule has 3 amide bonds. The van der Waals surface area contributed by atoms with Crippen LogP contribution in [0.4, 0.5) is 4.79 Å². The van der Waals surface area contributed by atoms with Gasteiger partial charge in [-0.25, -0.2) is 34.6 Å². The number of aromatic nitrogens is 19. The number of aromatic amines is 4. The molecule has 0 spiro atoms. The number of imidazole rings is 1. The fraction of sp³-hybridized carbons (Fsp3) is 0.326. The van der Waals surface area contributed by atoms with E-state index in [2.05, 4.69) is 86.4 Å². The minimum absolute atomic E-state index is 0. The number of urea groups is 1. The third-order valence-corrected chi connectivity index (χ3v) is 7.08. The zero-order valence-electron chi connectivity index (χ0n) is 51.8. The Bertz CT molecular complexity index is 2270. The fourth-order valence-electron chi connectivity index (χ4n) is 3.45. The average molecular weight is 1520 g/mol. The molecule has 2 aliphatic heterocycles. The van der Waals surface area contributed by atoms with Crippen LogP contribution in [0.5, 0.6) is 0 Å². The number of H-pyrrole nitrogens is 4. The van der Waals surface area contributed by atoms with Crippen LogP contribution >= 0.6 is 0 Å². The number of hydrogen-bond donors (Lipinski definition) is 5. The summed E-state index contributed by atoms with van der Waals surface area (Å²) in [5.41, 5.74) is 1.62. The number of aryl methyl sites for hydroxylation is 8. The number of hydrogen-bond acceptors (Lipinski definition) is 16. The van der Waals surface area contributed by atoms with E-state index in [1.54, 1.807) is 98.2 Å². The molecule has 38 heteroatoms. The maximum absolute atomic E-state index is 10.4. The first-order valence-corrected chi connectivity index (χ1v) is 19.9. The van der Waals surface area contributed by atoms with Crippen LogP contribution in [0.2, 0.25) is 0 Å².